The highest BCUT2D eigenvalue weighted by atomic mass is 35.5. The summed E-state index contributed by atoms with van der Waals surface area (Å²) >= 11 is 6.97. The predicted molar refractivity (Wildman–Crippen MR) is 161 cm³/mol. The molecule has 2 fully saturated rings. The Labute approximate surface area is 252 Å². The van der Waals surface area contributed by atoms with E-state index in [0.717, 1.165) is 6.42 Å². The van der Waals surface area contributed by atoms with E-state index in [4.69, 9.17) is 26.1 Å². The maximum Gasteiger partial charge on any atom is 0.410 e. The molecule has 42 heavy (non-hydrogen) atoms. The number of likely N-dealkylation sites (N-methyl/N-ethyl adjacent to an activating group) is 1. The first-order chi connectivity index (χ1) is 19.6. The summed E-state index contributed by atoms with van der Waals surface area (Å²) in [7, 11) is 4.08. The number of halogens is 2. The Balaban J connectivity index is 1.62. The molecule has 1 aromatic carbocycles. The molecule has 2 atom stereocenters. The van der Waals surface area contributed by atoms with Crippen LogP contribution in [0.25, 0.3) is 11.3 Å². The fourth-order valence-corrected chi connectivity index (χ4v) is 6.36. The molecule has 0 N–H and O–H groups in total. The number of pyridine rings is 1. The number of benzene rings is 1. The number of aryl methyl sites for hydroxylation is 1. The molecule has 1 aromatic heterocycles. The SMILES string of the molecule is Cc1cccc(-c2nc(N3CC(N(C)C)CC3(C)C)c3c(c2Cl)OC[C@H]2CN(C(=O)OC(C)(C)C)CCN2C3=O)c1F. The van der Waals surface area contributed by atoms with Crippen LogP contribution in [0.1, 0.15) is 57.0 Å². The summed E-state index contributed by atoms with van der Waals surface area (Å²) in [6.07, 6.45) is 0.418. The van der Waals surface area contributed by atoms with E-state index in [-0.39, 0.29) is 58.2 Å². The third-order valence-electron chi connectivity index (χ3n) is 8.40. The molecule has 1 unspecified atom stereocenters. The summed E-state index contributed by atoms with van der Waals surface area (Å²) in [4.78, 5) is 39.9. The van der Waals surface area contributed by atoms with Crippen molar-refractivity contribution in [3.05, 3.63) is 40.2 Å². The number of nitrogens with zero attached hydrogens (tertiary/aromatic N) is 5. The van der Waals surface area contributed by atoms with E-state index >= 15 is 4.39 Å². The lowest BCUT2D eigenvalue weighted by molar-refractivity contribution is 0.000952. The number of anilines is 1. The molecule has 228 valence electrons. The molecule has 2 saturated heterocycles. The average molecular weight is 602 g/mol. The summed E-state index contributed by atoms with van der Waals surface area (Å²) < 4.78 is 27.4. The molecular formula is C31H41ClFN5O4. The molecule has 0 radical (unpaired) electrons. The van der Waals surface area contributed by atoms with Crippen LogP contribution < -0.4 is 9.64 Å². The van der Waals surface area contributed by atoms with E-state index in [9.17, 15) is 9.59 Å². The second-order valence-corrected chi connectivity index (χ2v) is 13.8. The smallest absolute Gasteiger partial charge is 0.410 e. The van der Waals surface area contributed by atoms with Crippen molar-refractivity contribution in [1.29, 1.82) is 0 Å². The van der Waals surface area contributed by atoms with E-state index in [1.165, 1.54) is 0 Å². The van der Waals surface area contributed by atoms with Crippen molar-refractivity contribution in [3.8, 4) is 17.0 Å². The van der Waals surface area contributed by atoms with Gasteiger partial charge >= 0.3 is 6.09 Å². The van der Waals surface area contributed by atoms with Crippen LogP contribution in [0.2, 0.25) is 5.02 Å². The fraction of sp³-hybridized carbons (Fsp3) is 0.581. The van der Waals surface area contributed by atoms with Crippen molar-refractivity contribution in [2.45, 2.75) is 71.2 Å². The van der Waals surface area contributed by atoms with Crippen LogP contribution in [0, 0.1) is 12.7 Å². The molecular weight excluding hydrogens is 561 g/mol. The maximum atomic E-state index is 15.5. The number of hydrogen-bond acceptors (Lipinski definition) is 7. The quantitative estimate of drug-likeness (QED) is 0.477. The fourth-order valence-electron chi connectivity index (χ4n) is 6.07. The lowest BCUT2D eigenvalue weighted by Gasteiger charge is -2.40. The lowest BCUT2D eigenvalue weighted by atomic mass is 9.98. The first-order valence-electron chi connectivity index (χ1n) is 14.4. The van der Waals surface area contributed by atoms with E-state index < -0.39 is 23.6 Å². The van der Waals surface area contributed by atoms with E-state index in [0.29, 0.717) is 31.0 Å². The molecule has 4 heterocycles. The standard InChI is InChI=1S/C31H41ClFN5O4/c1-18-10-9-11-21(24(18)33)25-23(32)26-22(27(34-25)38-16-19(35(7)8)14-31(38,5)6)28(39)37-13-12-36(15-20(37)17-41-26)29(40)42-30(2,3)4/h9-11,19-20H,12-17H2,1-8H3/t19?,20-/m1/s1. The van der Waals surface area contributed by atoms with Crippen LogP contribution in [0.4, 0.5) is 15.0 Å². The minimum absolute atomic E-state index is 0.0941. The molecule has 3 aliphatic heterocycles. The molecule has 0 aliphatic carbocycles. The van der Waals surface area contributed by atoms with Gasteiger partial charge in [-0.1, -0.05) is 23.7 Å². The number of fused-ring (bicyclic) bond motifs is 2. The van der Waals surface area contributed by atoms with Gasteiger partial charge in [0.15, 0.2) is 5.75 Å². The second-order valence-electron chi connectivity index (χ2n) is 13.4. The van der Waals surface area contributed by atoms with Crippen LogP contribution in [-0.2, 0) is 4.74 Å². The van der Waals surface area contributed by atoms with Gasteiger partial charge in [-0.15, -0.1) is 0 Å². The number of carbonyl (C=O) groups excluding carboxylic acids is 2. The Bertz CT molecular complexity index is 1410. The van der Waals surface area contributed by atoms with Gasteiger partial charge in [0.05, 0.1) is 11.7 Å². The number of piperazine rings is 1. The Morgan fingerprint density at radius 2 is 1.93 bits per heavy atom. The van der Waals surface area contributed by atoms with Crippen LogP contribution in [-0.4, -0.2) is 102 Å². The predicted octanol–water partition coefficient (Wildman–Crippen LogP) is 5.22. The largest absolute Gasteiger partial charge is 0.489 e. The summed E-state index contributed by atoms with van der Waals surface area (Å²) in [6, 6.07) is 4.90. The molecule has 2 amide bonds. The zero-order chi connectivity index (χ0) is 30.7. The topological polar surface area (TPSA) is 78.5 Å². The van der Waals surface area contributed by atoms with Crippen LogP contribution in [0.3, 0.4) is 0 Å². The molecule has 3 aliphatic rings. The Hall–Kier alpha value is -3.11. The third-order valence-corrected chi connectivity index (χ3v) is 8.75. The van der Waals surface area contributed by atoms with Gasteiger partial charge in [-0.3, -0.25) is 4.79 Å². The lowest BCUT2D eigenvalue weighted by Crippen LogP contribution is -2.58. The Morgan fingerprint density at radius 1 is 1.21 bits per heavy atom. The summed E-state index contributed by atoms with van der Waals surface area (Å²) in [6.45, 7) is 13.0. The van der Waals surface area contributed by atoms with Crippen molar-refractivity contribution in [2.75, 3.05) is 51.8 Å². The van der Waals surface area contributed by atoms with E-state index in [2.05, 4.69) is 23.6 Å². The monoisotopic (exact) mass is 601 g/mol. The van der Waals surface area contributed by atoms with Crippen molar-refractivity contribution < 1.29 is 23.5 Å². The highest BCUT2D eigenvalue weighted by Gasteiger charge is 2.46. The minimum Gasteiger partial charge on any atom is -0.489 e. The highest BCUT2D eigenvalue weighted by molar-refractivity contribution is 6.35. The summed E-state index contributed by atoms with van der Waals surface area (Å²) in [5.74, 6) is -0.0547. The van der Waals surface area contributed by atoms with Crippen LogP contribution in [0.5, 0.6) is 5.75 Å². The molecule has 0 saturated carbocycles. The van der Waals surface area contributed by atoms with E-state index in [1.54, 1.807) is 34.9 Å². The van der Waals surface area contributed by atoms with Gasteiger partial charge < -0.3 is 29.1 Å². The second kappa shape index (κ2) is 10.9. The highest BCUT2D eigenvalue weighted by Crippen LogP contribution is 2.47. The molecule has 9 nitrogen and oxygen atoms in total. The van der Waals surface area contributed by atoms with Gasteiger partial charge in [-0.2, -0.15) is 0 Å². The van der Waals surface area contributed by atoms with Crippen LogP contribution >= 0.6 is 11.6 Å². The first kappa shape index (κ1) is 30.4. The average Bonchev–Trinajstić information content (AvgIpc) is 3.14. The zero-order valence-corrected chi connectivity index (χ0v) is 26.5. The van der Waals surface area contributed by atoms with Crippen molar-refractivity contribution in [3.63, 3.8) is 0 Å². The van der Waals surface area contributed by atoms with Crippen LogP contribution in [0.15, 0.2) is 18.2 Å². The van der Waals surface area contributed by atoms with Gasteiger partial charge in [0.2, 0.25) is 0 Å². The molecule has 11 heteroatoms. The van der Waals surface area contributed by atoms with E-state index in [1.807, 2.05) is 34.9 Å². The van der Waals surface area contributed by atoms with Gasteiger partial charge in [-0.05, 0) is 73.7 Å². The van der Waals surface area contributed by atoms with Crippen molar-refractivity contribution in [1.82, 2.24) is 19.7 Å². The molecule has 0 spiro atoms. The normalized spacial score (nSPS) is 22.1. The van der Waals surface area contributed by atoms with Gasteiger partial charge in [0.25, 0.3) is 5.91 Å². The van der Waals surface area contributed by atoms with Gasteiger partial charge in [0.1, 0.15) is 34.4 Å². The van der Waals surface area contributed by atoms with Crippen molar-refractivity contribution in [2.24, 2.45) is 0 Å². The number of rotatable bonds is 3. The number of ether oxygens (including phenoxy) is 2. The third kappa shape index (κ3) is 5.51. The molecule has 2 aromatic rings. The maximum absolute atomic E-state index is 15.5. The number of amides is 2. The number of aromatic nitrogens is 1. The Kier molecular flexibility index (Phi) is 7.85. The first-order valence-corrected chi connectivity index (χ1v) is 14.8. The number of hydrogen-bond donors (Lipinski definition) is 0. The number of carbonyl (C=O) groups is 2. The zero-order valence-electron chi connectivity index (χ0n) is 25.8. The van der Waals surface area contributed by atoms with Gasteiger partial charge in [-0.25, -0.2) is 14.2 Å². The molecule has 5 rings (SSSR count). The minimum atomic E-state index is -0.636. The summed E-state index contributed by atoms with van der Waals surface area (Å²) in [5, 5.41) is 0.0941. The molecule has 0 bridgehead atoms. The van der Waals surface area contributed by atoms with Crippen molar-refractivity contribution >= 4 is 29.4 Å². The van der Waals surface area contributed by atoms with Gasteiger partial charge in [0, 0.05) is 43.3 Å². The Morgan fingerprint density at radius 3 is 2.57 bits per heavy atom. The summed E-state index contributed by atoms with van der Waals surface area (Å²) in [5.41, 5.74) is 0.235.